The Morgan fingerprint density at radius 2 is 1.04 bits per heavy atom. The lowest BCUT2D eigenvalue weighted by Gasteiger charge is -2.71. The summed E-state index contributed by atoms with van der Waals surface area (Å²) in [5.74, 6) is -3.66. The lowest BCUT2D eigenvalue weighted by Crippen LogP contribution is -2.71. The Bertz CT molecular complexity index is 2780. The first-order valence-electron chi connectivity index (χ1n) is 33.8. The zero-order valence-corrected chi connectivity index (χ0v) is 55.2. The van der Waals surface area contributed by atoms with Gasteiger partial charge in [-0.25, -0.2) is 0 Å². The average Bonchev–Trinajstić information content (AvgIpc) is 0.670. The molecule has 0 radical (unpaired) electrons. The molecule has 0 aromatic rings. The van der Waals surface area contributed by atoms with Crippen molar-refractivity contribution in [2.24, 2.45) is 50.2 Å². The summed E-state index contributed by atoms with van der Waals surface area (Å²) in [5.41, 5.74) is -5.37. The van der Waals surface area contributed by atoms with Gasteiger partial charge >= 0.3 is 11.9 Å². The number of carbonyl (C=O) groups is 2. The van der Waals surface area contributed by atoms with Crippen molar-refractivity contribution in [1.29, 1.82) is 0 Å². The van der Waals surface area contributed by atoms with E-state index in [0.717, 1.165) is 5.57 Å². The van der Waals surface area contributed by atoms with Crippen LogP contribution in [0.2, 0.25) is 0 Å². The molecule has 556 valence electrons. The highest BCUT2D eigenvalue weighted by Crippen LogP contribution is 2.76. The van der Waals surface area contributed by atoms with E-state index in [0.29, 0.717) is 32.1 Å². The molecular weight excluding hydrogens is 1300 g/mol. The zero-order chi connectivity index (χ0) is 70.9. The zero-order valence-electron chi connectivity index (χ0n) is 55.2. The van der Waals surface area contributed by atoms with E-state index in [1.54, 1.807) is 0 Å². The summed E-state index contributed by atoms with van der Waals surface area (Å²) >= 11 is 0. The minimum absolute atomic E-state index is 0.0123. The average molecular weight is 1400 g/mol. The van der Waals surface area contributed by atoms with Gasteiger partial charge in [0.1, 0.15) is 122 Å². The van der Waals surface area contributed by atoms with Crippen LogP contribution in [0.25, 0.3) is 0 Å². The molecule has 0 aromatic heterocycles. The summed E-state index contributed by atoms with van der Waals surface area (Å²) in [6, 6.07) is 0. The van der Waals surface area contributed by atoms with Gasteiger partial charge in [0.05, 0.1) is 62.2 Å². The van der Waals surface area contributed by atoms with E-state index >= 15 is 4.79 Å². The Labute approximate surface area is 559 Å². The number of hydrogen-bond donors (Lipinski definition) is 19. The van der Waals surface area contributed by atoms with Gasteiger partial charge in [-0.3, -0.25) is 9.59 Å². The van der Waals surface area contributed by atoms with Crippen molar-refractivity contribution in [2.75, 3.05) is 33.0 Å². The van der Waals surface area contributed by atoms with Crippen molar-refractivity contribution in [3.05, 3.63) is 11.6 Å². The molecule has 0 spiro atoms. The highest BCUT2D eigenvalue weighted by molar-refractivity contribution is 5.79. The number of ether oxygens (including phenoxy) is 12. The number of fused-ring (bicyclic) bond motifs is 7. The lowest BCUT2D eigenvalue weighted by molar-refractivity contribution is -0.388. The smallest absolute Gasteiger partial charge is 0.315 e. The highest BCUT2D eigenvalue weighted by atomic mass is 16.8. The number of carbonyl (C=O) groups excluding carboxylic acids is 1. The summed E-state index contributed by atoms with van der Waals surface area (Å²) in [6.07, 6.45) is -46.8. The number of carboxylic acids is 1. The molecule has 4 saturated carbocycles. The Morgan fingerprint density at radius 1 is 0.505 bits per heavy atom. The van der Waals surface area contributed by atoms with Crippen molar-refractivity contribution < 1.29 is 163 Å². The van der Waals surface area contributed by atoms with Crippen LogP contribution in [0.1, 0.15) is 106 Å². The van der Waals surface area contributed by atoms with Crippen molar-refractivity contribution in [1.82, 2.24) is 0 Å². The number of allylic oxidation sites excluding steroid dienone is 1. The van der Waals surface area contributed by atoms with Gasteiger partial charge in [-0.05, 0) is 113 Å². The van der Waals surface area contributed by atoms with Gasteiger partial charge in [-0.1, -0.05) is 39.3 Å². The molecule has 97 heavy (non-hydrogen) atoms. The van der Waals surface area contributed by atoms with Gasteiger partial charge in [0.2, 0.25) is 6.29 Å². The molecule has 0 aromatic carbocycles. The monoisotopic (exact) mass is 1400 g/mol. The van der Waals surface area contributed by atoms with Gasteiger partial charge < -0.3 is 154 Å². The Balaban J connectivity index is 0.808. The number of hydrogen-bond acceptors (Lipinski definition) is 32. The fourth-order valence-corrected chi connectivity index (χ4v) is 19.0. The summed E-state index contributed by atoms with van der Waals surface area (Å²) in [7, 11) is 0. The molecule has 5 aliphatic carbocycles. The highest BCUT2D eigenvalue weighted by Gasteiger charge is 2.74. The van der Waals surface area contributed by atoms with E-state index in [1.807, 2.05) is 6.92 Å². The molecule has 19 N–H and O–H groups in total. The minimum atomic E-state index is -2.08. The Kier molecular flexibility index (Phi) is 22.0. The normalized spacial score (nSPS) is 54.6. The van der Waals surface area contributed by atoms with E-state index in [9.17, 15) is 102 Å². The van der Waals surface area contributed by atoms with E-state index in [4.69, 9.17) is 56.8 Å². The quantitative estimate of drug-likeness (QED) is 0.0389. The molecular formula is C64H102O33. The first kappa shape index (κ1) is 75.7. The number of rotatable bonds is 16. The Morgan fingerprint density at radius 3 is 1.66 bits per heavy atom. The van der Waals surface area contributed by atoms with E-state index in [1.165, 1.54) is 20.8 Å². The molecule has 0 amide bonds. The first-order valence-corrected chi connectivity index (χ1v) is 33.8. The fraction of sp³-hybridized carbons (Fsp3) is 0.938. The van der Waals surface area contributed by atoms with Crippen molar-refractivity contribution in [2.45, 2.75) is 290 Å². The molecule has 10 fully saturated rings. The lowest BCUT2D eigenvalue weighted by atomic mass is 9.33. The molecule has 33 nitrogen and oxygen atoms in total. The molecule has 6 heterocycles. The Hall–Kier alpha value is -2.48. The standard InChI is InChI=1S/C64H102O33/c1-23-34(70)40(76)49(95-53-45(81)41(77)47(24(2)89-53)93-52-46(82)48(94-51-42(78)35(71)28(69)20-86-51)31(21-87-52)92-54-43(79)38(74)36(72)29(18-65)90-54)56(88-23)97-58(85)63-13-12-59(3,4)16-26(63)25-8-9-32-60(5)17-27(68)50(96-55-44(80)39(75)37(73)30(19-66)91-55)62(7,57(83)84)33(60)10-11-61(32,6)64(25,22-67)15-14-63/h8,23-24,26-56,65-82H,9-22H2,1-7H3,(H,83,84). The van der Waals surface area contributed by atoms with Crippen molar-refractivity contribution in [3.8, 4) is 0 Å². The van der Waals surface area contributed by atoms with E-state index in [-0.39, 0.29) is 43.6 Å². The van der Waals surface area contributed by atoms with Crippen molar-refractivity contribution in [3.63, 3.8) is 0 Å². The first-order chi connectivity index (χ1) is 45.5. The van der Waals surface area contributed by atoms with Crippen LogP contribution < -0.4 is 0 Å². The number of esters is 1. The summed E-state index contributed by atoms with van der Waals surface area (Å²) in [6.45, 7) is 9.40. The van der Waals surface area contributed by atoms with Crippen LogP contribution in [0, 0.1) is 50.2 Å². The summed E-state index contributed by atoms with van der Waals surface area (Å²) in [4.78, 5) is 29.5. The molecule has 33 heteroatoms. The van der Waals surface area contributed by atoms with Crippen LogP contribution in [0.4, 0.5) is 0 Å². The predicted octanol–water partition coefficient (Wildman–Crippen LogP) is -6.05. The van der Waals surface area contributed by atoms with Crippen LogP contribution >= 0.6 is 0 Å². The largest absolute Gasteiger partial charge is 0.481 e. The van der Waals surface area contributed by atoms with E-state index < -0.39 is 262 Å². The maximum Gasteiger partial charge on any atom is 0.315 e. The summed E-state index contributed by atoms with van der Waals surface area (Å²) < 4.78 is 71.3. The number of aliphatic hydroxyl groups is 18. The molecule has 38 atom stereocenters. The minimum Gasteiger partial charge on any atom is -0.481 e. The molecule has 11 rings (SSSR count). The third-order valence-corrected chi connectivity index (χ3v) is 24.8. The van der Waals surface area contributed by atoms with Crippen LogP contribution in [-0.2, 0) is 66.4 Å². The van der Waals surface area contributed by atoms with Crippen LogP contribution in [0.15, 0.2) is 11.6 Å². The van der Waals surface area contributed by atoms with Gasteiger partial charge in [-0.2, -0.15) is 0 Å². The van der Waals surface area contributed by atoms with Gasteiger partial charge in [0.25, 0.3) is 0 Å². The predicted molar refractivity (Wildman–Crippen MR) is 318 cm³/mol. The maximum absolute atomic E-state index is 15.6. The molecule has 38 unspecified atom stereocenters. The molecule has 6 saturated heterocycles. The molecule has 0 bridgehead atoms. The topological polar surface area (TPSA) is 529 Å². The third-order valence-electron chi connectivity index (χ3n) is 24.8. The van der Waals surface area contributed by atoms with Crippen LogP contribution in [-0.4, -0.2) is 326 Å². The van der Waals surface area contributed by atoms with Gasteiger partial charge in [-0.15, -0.1) is 0 Å². The maximum atomic E-state index is 15.6. The van der Waals surface area contributed by atoms with Gasteiger partial charge in [0.15, 0.2) is 37.6 Å². The van der Waals surface area contributed by atoms with Crippen LogP contribution in [0.5, 0.6) is 0 Å². The molecule has 6 aliphatic heterocycles. The fourth-order valence-electron chi connectivity index (χ4n) is 19.0. The molecule has 11 aliphatic rings. The summed E-state index contributed by atoms with van der Waals surface area (Å²) in [5, 5.41) is 209. The SMILES string of the molecule is CC1OC(OC(=O)C23CCC(C)(C)CC2C2=CCC4C5(C)CC(O)C(OC6OC(CO)C(O)C(O)C6O)C(C)(C(=O)O)C5CCC4(C)C2(CO)CC3)C(OC2OC(C)C(OC3OCC(OC4OC(CO)C(O)C(O)C4O)C(OC4OCC(O)C(O)C4O)C3O)C(O)C2O)C(O)C1O. The third kappa shape index (κ3) is 12.7. The second-order valence-corrected chi connectivity index (χ2v) is 30.8. The van der Waals surface area contributed by atoms with Crippen molar-refractivity contribution >= 4 is 11.9 Å². The number of aliphatic carboxylic acids is 1. The number of aliphatic hydroxyl groups excluding tert-OH is 18. The van der Waals surface area contributed by atoms with E-state index in [2.05, 4.69) is 26.8 Å². The second-order valence-electron chi connectivity index (χ2n) is 30.8. The second kappa shape index (κ2) is 28.2. The van der Waals surface area contributed by atoms with Crippen LogP contribution in [0.3, 0.4) is 0 Å². The van der Waals surface area contributed by atoms with Gasteiger partial charge in [0, 0.05) is 5.41 Å². The number of carboxylic acid groups (broad SMARTS) is 1.